The highest BCUT2D eigenvalue weighted by atomic mass is 35.7. The monoisotopic (exact) mass is 272 g/mol. The molecule has 3 nitrogen and oxygen atoms in total. The maximum absolute atomic E-state index is 13.0. The first-order valence-electron chi connectivity index (χ1n) is 3.77. The van der Waals surface area contributed by atoms with E-state index >= 15 is 0 Å². The fourth-order valence-electron chi connectivity index (χ4n) is 1.06. The second kappa shape index (κ2) is 4.55. The van der Waals surface area contributed by atoms with E-state index in [1.807, 2.05) is 0 Å². The first-order valence-corrected chi connectivity index (χ1v) is 6.63. The highest BCUT2D eigenvalue weighted by Crippen LogP contribution is 2.28. The first kappa shape index (κ1) is 12.5. The second-order valence-corrected chi connectivity index (χ2v) is 5.95. The molecule has 0 aromatic heterocycles. The second-order valence-electron chi connectivity index (χ2n) is 2.76. The van der Waals surface area contributed by atoms with Crippen LogP contribution in [0.4, 0.5) is 4.39 Å². The Labute approximate surface area is 96.2 Å². The Kier molecular flexibility index (Phi) is 3.81. The van der Waals surface area contributed by atoms with Gasteiger partial charge in [-0.2, -0.15) is 0 Å². The average molecular weight is 273 g/mol. The molecular weight excluding hydrogens is 266 g/mol. The Morgan fingerprint density at radius 2 is 2.07 bits per heavy atom. The molecule has 0 aliphatic heterocycles. The maximum Gasteiger partial charge on any atom is 0.236 e. The zero-order valence-electron chi connectivity index (χ0n) is 7.63. The Morgan fingerprint density at radius 1 is 1.47 bits per heavy atom. The van der Waals surface area contributed by atoms with Crippen molar-refractivity contribution in [3.63, 3.8) is 0 Å². The predicted molar refractivity (Wildman–Crippen MR) is 56.4 cm³/mol. The number of benzene rings is 1. The van der Waals surface area contributed by atoms with Crippen molar-refractivity contribution in [2.45, 2.75) is 5.75 Å². The minimum Gasteiger partial charge on any atom is -0.496 e. The van der Waals surface area contributed by atoms with Crippen molar-refractivity contribution in [1.29, 1.82) is 0 Å². The molecule has 0 bridgehead atoms. The van der Waals surface area contributed by atoms with Crippen molar-refractivity contribution >= 4 is 31.3 Å². The van der Waals surface area contributed by atoms with Gasteiger partial charge in [-0.05, 0) is 6.07 Å². The Balaban J connectivity index is 3.22. The lowest BCUT2D eigenvalue weighted by Gasteiger charge is -2.07. The lowest BCUT2D eigenvalue weighted by atomic mass is 10.2. The first-order chi connectivity index (χ1) is 6.83. The van der Waals surface area contributed by atoms with Crippen molar-refractivity contribution in [1.82, 2.24) is 0 Å². The SMILES string of the molecule is COc1cc(F)c(Cl)cc1CS(=O)(=O)Cl. The third-order valence-electron chi connectivity index (χ3n) is 1.65. The van der Waals surface area contributed by atoms with Crippen molar-refractivity contribution in [2.75, 3.05) is 7.11 Å². The molecule has 0 radical (unpaired) electrons. The molecular formula is C8H7Cl2FO3S. The minimum atomic E-state index is -3.73. The summed E-state index contributed by atoms with van der Waals surface area (Å²) < 4.78 is 39.5. The van der Waals surface area contributed by atoms with Crippen LogP contribution in [0.5, 0.6) is 5.75 Å². The number of rotatable bonds is 3. The smallest absolute Gasteiger partial charge is 0.236 e. The van der Waals surface area contributed by atoms with E-state index in [0.29, 0.717) is 0 Å². The van der Waals surface area contributed by atoms with Gasteiger partial charge in [0.15, 0.2) is 0 Å². The molecule has 0 N–H and O–H groups in total. The lowest BCUT2D eigenvalue weighted by molar-refractivity contribution is 0.407. The van der Waals surface area contributed by atoms with Gasteiger partial charge in [0.25, 0.3) is 0 Å². The fourth-order valence-corrected chi connectivity index (χ4v) is 2.19. The molecule has 7 heteroatoms. The standard InChI is InChI=1S/C8H7Cl2FO3S/c1-14-8-3-7(11)6(9)2-5(8)4-15(10,12)13/h2-3H,4H2,1H3. The lowest BCUT2D eigenvalue weighted by Crippen LogP contribution is -1.99. The van der Waals surface area contributed by atoms with Crippen molar-refractivity contribution in [3.05, 3.63) is 28.5 Å². The van der Waals surface area contributed by atoms with Crippen LogP contribution in [0.25, 0.3) is 0 Å². The summed E-state index contributed by atoms with van der Waals surface area (Å²) in [5.74, 6) is -1.04. The van der Waals surface area contributed by atoms with Gasteiger partial charge >= 0.3 is 0 Å². The predicted octanol–water partition coefficient (Wildman–Crippen LogP) is 2.56. The number of methoxy groups -OCH3 is 1. The minimum absolute atomic E-state index is 0.0983. The Hall–Kier alpha value is -0.520. The van der Waals surface area contributed by atoms with Gasteiger partial charge in [0.2, 0.25) is 9.05 Å². The van der Waals surface area contributed by atoms with Crippen LogP contribution in [-0.4, -0.2) is 15.5 Å². The van der Waals surface area contributed by atoms with E-state index in [0.717, 1.165) is 6.07 Å². The molecule has 1 aromatic carbocycles. The van der Waals surface area contributed by atoms with Crippen molar-refractivity contribution in [3.8, 4) is 5.75 Å². The maximum atomic E-state index is 13.0. The van der Waals surface area contributed by atoms with Crippen molar-refractivity contribution < 1.29 is 17.5 Å². The normalized spacial score (nSPS) is 11.5. The summed E-state index contributed by atoms with van der Waals surface area (Å²) in [5.41, 5.74) is 0.221. The summed E-state index contributed by atoms with van der Waals surface area (Å²) in [6.07, 6.45) is 0. The summed E-state index contributed by atoms with van der Waals surface area (Å²) in [4.78, 5) is 0. The van der Waals surface area contributed by atoms with Gasteiger partial charge in [0.1, 0.15) is 11.6 Å². The van der Waals surface area contributed by atoms with Gasteiger partial charge in [-0.25, -0.2) is 12.8 Å². The van der Waals surface area contributed by atoms with E-state index in [2.05, 4.69) is 0 Å². The highest BCUT2D eigenvalue weighted by Gasteiger charge is 2.15. The van der Waals surface area contributed by atoms with Crippen LogP contribution in [0.2, 0.25) is 5.02 Å². The largest absolute Gasteiger partial charge is 0.496 e. The van der Waals surface area contributed by atoms with Crippen LogP contribution in [-0.2, 0) is 14.8 Å². The van der Waals surface area contributed by atoms with Crippen LogP contribution in [0.15, 0.2) is 12.1 Å². The summed E-state index contributed by atoms with van der Waals surface area (Å²) in [5, 5.41) is -0.175. The van der Waals surface area contributed by atoms with E-state index in [1.165, 1.54) is 13.2 Å². The molecule has 0 fully saturated rings. The molecule has 0 spiro atoms. The van der Waals surface area contributed by atoms with Crippen LogP contribution in [0, 0.1) is 5.82 Å². The van der Waals surface area contributed by atoms with E-state index in [9.17, 15) is 12.8 Å². The molecule has 15 heavy (non-hydrogen) atoms. The molecule has 0 heterocycles. The van der Waals surface area contributed by atoms with Gasteiger partial charge in [0.05, 0.1) is 17.9 Å². The molecule has 1 rings (SSSR count). The number of hydrogen-bond acceptors (Lipinski definition) is 3. The molecule has 0 saturated carbocycles. The topological polar surface area (TPSA) is 43.4 Å². The molecule has 0 amide bonds. The number of halogens is 3. The average Bonchev–Trinajstić information content (AvgIpc) is 2.08. The molecule has 0 saturated heterocycles. The third-order valence-corrected chi connectivity index (χ3v) is 2.92. The fraction of sp³-hybridized carbons (Fsp3) is 0.250. The van der Waals surface area contributed by atoms with Gasteiger partial charge in [0, 0.05) is 22.3 Å². The van der Waals surface area contributed by atoms with Crippen LogP contribution in [0.3, 0.4) is 0 Å². The molecule has 1 aromatic rings. The Morgan fingerprint density at radius 3 is 2.53 bits per heavy atom. The molecule has 84 valence electrons. The third kappa shape index (κ3) is 3.52. The quantitative estimate of drug-likeness (QED) is 0.795. The van der Waals surface area contributed by atoms with E-state index in [-0.39, 0.29) is 16.3 Å². The van der Waals surface area contributed by atoms with E-state index < -0.39 is 20.6 Å². The van der Waals surface area contributed by atoms with Gasteiger partial charge in [-0.1, -0.05) is 11.6 Å². The zero-order chi connectivity index (χ0) is 11.6. The van der Waals surface area contributed by atoms with Crippen LogP contribution >= 0.6 is 22.3 Å². The van der Waals surface area contributed by atoms with Crippen molar-refractivity contribution in [2.24, 2.45) is 0 Å². The van der Waals surface area contributed by atoms with E-state index in [4.69, 9.17) is 27.0 Å². The zero-order valence-corrected chi connectivity index (χ0v) is 9.96. The number of ether oxygens (including phenoxy) is 1. The summed E-state index contributed by atoms with van der Waals surface area (Å²) in [6, 6.07) is 2.19. The molecule has 0 atom stereocenters. The molecule has 0 aliphatic rings. The summed E-state index contributed by atoms with van der Waals surface area (Å²) >= 11 is 5.50. The van der Waals surface area contributed by atoms with Crippen LogP contribution < -0.4 is 4.74 Å². The summed E-state index contributed by atoms with van der Waals surface area (Å²) in [6.45, 7) is 0. The summed E-state index contributed by atoms with van der Waals surface area (Å²) in [7, 11) is 2.64. The molecule has 0 unspecified atom stereocenters. The highest BCUT2D eigenvalue weighted by molar-refractivity contribution is 8.13. The van der Waals surface area contributed by atoms with Gasteiger partial charge in [-0.15, -0.1) is 0 Å². The van der Waals surface area contributed by atoms with E-state index in [1.54, 1.807) is 0 Å². The Bertz CT molecular complexity index is 473. The van der Waals surface area contributed by atoms with Crippen LogP contribution in [0.1, 0.15) is 5.56 Å². The molecule has 0 aliphatic carbocycles. The van der Waals surface area contributed by atoms with Gasteiger partial charge in [-0.3, -0.25) is 0 Å². The van der Waals surface area contributed by atoms with Gasteiger partial charge < -0.3 is 4.74 Å². The number of hydrogen-bond donors (Lipinski definition) is 0.